The van der Waals surface area contributed by atoms with Gasteiger partial charge in [0, 0.05) is 5.56 Å². The molecule has 0 amide bonds. The van der Waals surface area contributed by atoms with Crippen molar-refractivity contribution in [3.63, 3.8) is 0 Å². The maximum atomic E-state index is 6.68. The van der Waals surface area contributed by atoms with Crippen molar-refractivity contribution in [2.24, 2.45) is 0 Å². The van der Waals surface area contributed by atoms with Crippen molar-refractivity contribution < 1.29 is 0 Å². The Kier molecular flexibility index (Phi) is 6.57. The fourth-order valence-corrected chi connectivity index (χ4v) is 6.38. The van der Waals surface area contributed by atoms with Crippen LogP contribution in [0.5, 0.6) is 0 Å². The average molecular weight is 579 g/mol. The van der Waals surface area contributed by atoms with E-state index in [1.807, 2.05) is 18.2 Å². The van der Waals surface area contributed by atoms with Crippen LogP contribution >= 0.6 is 58.0 Å². The second-order valence-electron chi connectivity index (χ2n) is 8.73. The molecule has 0 spiro atoms. The fraction of sp³-hybridized carbons (Fsp3) is 0. The molecule has 0 atom stereocenters. The van der Waals surface area contributed by atoms with Gasteiger partial charge in [0.15, 0.2) is 0 Å². The minimum atomic E-state index is 0.144. The summed E-state index contributed by atoms with van der Waals surface area (Å²) in [5.41, 5.74) is 5.91. The standard InChI is InChI=1S/C32H17Cl5/c33-28-27(29(34)31(36)32(37)30(28)35)20-15-16-23-24(17-20)26(19-11-5-2-6-12-19)22-14-8-7-13-21(22)25(23)18-9-3-1-4-10-18/h1-17H. The van der Waals surface area contributed by atoms with E-state index < -0.39 is 0 Å². The maximum Gasteiger partial charge on any atom is 0.0809 e. The lowest BCUT2D eigenvalue weighted by atomic mass is 9.85. The Morgan fingerprint density at radius 3 is 1.22 bits per heavy atom. The molecular formula is C32H17Cl5. The van der Waals surface area contributed by atoms with Gasteiger partial charge < -0.3 is 0 Å². The molecule has 6 aromatic rings. The molecular weight excluding hydrogens is 562 g/mol. The Hall–Kier alpha value is -2.71. The smallest absolute Gasteiger partial charge is 0.0809 e. The largest absolute Gasteiger partial charge is 0.0819 e. The molecule has 0 radical (unpaired) electrons. The Bertz CT molecular complexity index is 1780. The molecule has 6 aromatic carbocycles. The van der Waals surface area contributed by atoms with Gasteiger partial charge >= 0.3 is 0 Å². The van der Waals surface area contributed by atoms with Gasteiger partial charge in [-0.2, -0.15) is 0 Å². The van der Waals surface area contributed by atoms with Gasteiger partial charge in [0.05, 0.1) is 25.1 Å². The third-order valence-corrected chi connectivity index (χ3v) is 8.92. The molecule has 0 nitrogen and oxygen atoms in total. The monoisotopic (exact) mass is 576 g/mol. The number of fused-ring (bicyclic) bond motifs is 2. The van der Waals surface area contributed by atoms with Crippen LogP contribution in [0.2, 0.25) is 25.1 Å². The van der Waals surface area contributed by atoms with Crippen LogP contribution in [0.25, 0.3) is 54.9 Å². The predicted octanol–water partition coefficient (Wildman–Crippen LogP) is 12.3. The summed E-state index contributed by atoms with van der Waals surface area (Å²) < 4.78 is 0. The highest BCUT2D eigenvalue weighted by Crippen LogP contribution is 2.50. The molecule has 0 aromatic heterocycles. The lowest BCUT2D eigenvalue weighted by molar-refractivity contribution is 1.62. The van der Waals surface area contributed by atoms with E-state index in [0.29, 0.717) is 5.56 Å². The summed E-state index contributed by atoms with van der Waals surface area (Å²) in [5, 5.41) is 5.56. The lowest BCUT2D eigenvalue weighted by Gasteiger charge is -2.19. The Labute approximate surface area is 239 Å². The van der Waals surface area contributed by atoms with Gasteiger partial charge in [-0.1, -0.05) is 155 Å². The van der Waals surface area contributed by atoms with E-state index in [2.05, 4.69) is 84.9 Å². The summed E-state index contributed by atoms with van der Waals surface area (Å²) in [5.74, 6) is 0. The van der Waals surface area contributed by atoms with Crippen molar-refractivity contribution in [1.29, 1.82) is 0 Å². The summed E-state index contributed by atoms with van der Waals surface area (Å²) in [6.45, 7) is 0. The van der Waals surface area contributed by atoms with Crippen molar-refractivity contribution in [2.45, 2.75) is 0 Å². The number of halogens is 5. The highest BCUT2D eigenvalue weighted by atomic mass is 35.5. The molecule has 0 heterocycles. The van der Waals surface area contributed by atoms with E-state index >= 15 is 0 Å². The summed E-state index contributed by atoms with van der Waals surface area (Å²) in [7, 11) is 0. The summed E-state index contributed by atoms with van der Waals surface area (Å²) in [4.78, 5) is 0. The van der Waals surface area contributed by atoms with Crippen LogP contribution in [0.4, 0.5) is 0 Å². The van der Waals surface area contributed by atoms with Gasteiger partial charge in [0.25, 0.3) is 0 Å². The van der Waals surface area contributed by atoms with Crippen molar-refractivity contribution in [3.05, 3.63) is 128 Å². The van der Waals surface area contributed by atoms with Gasteiger partial charge in [-0.25, -0.2) is 0 Å². The van der Waals surface area contributed by atoms with Crippen LogP contribution in [0.1, 0.15) is 0 Å². The summed E-state index contributed by atoms with van der Waals surface area (Å²) in [6.07, 6.45) is 0. The zero-order chi connectivity index (χ0) is 25.7. The highest BCUT2D eigenvalue weighted by molar-refractivity contribution is 6.56. The first-order valence-electron chi connectivity index (χ1n) is 11.6. The van der Waals surface area contributed by atoms with Gasteiger partial charge in [0.2, 0.25) is 0 Å². The van der Waals surface area contributed by atoms with Crippen LogP contribution in [0.3, 0.4) is 0 Å². The molecule has 0 saturated carbocycles. The topological polar surface area (TPSA) is 0 Å². The first kappa shape index (κ1) is 24.6. The Morgan fingerprint density at radius 2 is 0.703 bits per heavy atom. The molecule has 0 aliphatic heterocycles. The van der Waals surface area contributed by atoms with Crippen LogP contribution in [0.15, 0.2) is 103 Å². The van der Waals surface area contributed by atoms with E-state index in [1.165, 1.54) is 10.9 Å². The van der Waals surface area contributed by atoms with E-state index in [0.717, 1.165) is 38.4 Å². The van der Waals surface area contributed by atoms with Crippen LogP contribution in [0, 0.1) is 0 Å². The predicted molar refractivity (Wildman–Crippen MR) is 163 cm³/mol. The zero-order valence-electron chi connectivity index (χ0n) is 19.2. The minimum absolute atomic E-state index is 0.144. The lowest BCUT2D eigenvalue weighted by Crippen LogP contribution is -1.92. The molecule has 0 fully saturated rings. The zero-order valence-corrected chi connectivity index (χ0v) is 23.0. The van der Waals surface area contributed by atoms with Crippen molar-refractivity contribution >= 4 is 79.5 Å². The van der Waals surface area contributed by atoms with Gasteiger partial charge in [-0.15, -0.1) is 0 Å². The third kappa shape index (κ3) is 4.09. The molecule has 0 unspecified atom stereocenters. The van der Waals surface area contributed by atoms with Crippen LogP contribution in [-0.4, -0.2) is 0 Å². The molecule has 180 valence electrons. The number of benzene rings is 6. The average Bonchev–Trinajstić information content (AvgIpc) is 2.94. The molecule has 37 heavy (non-hydrogen) atoms. The van der Waals surface area contributed by atoms with Gasteiger partial charge in [0.1, 0.15) is 0 Å². The van der Waals surface area contributed by atoms with Gasteiger partial charge in [-0.3, -0.25) is 0 Å². The first-order valence-corrected chi connectivity index (χ1v) is 13.5. The SMILES string of the molecule is Clc1c(Cl)c(Cl)c(-c2ccc3c(-c4ccccc4)c4ccccc4c(-c4ccccc4)c3c2)c(Cl)c1Cl. The number of hydrogen-bond donors (Lipinski definition) is 0. The quantitative estimate of drug-likeness (QED) is 0.111. The van der Waals surface area contributed by atoms with E-state index in [9.17, 15) is 0 Å². The van der Waals surface area contributed by atoms with E-state index in [1.54, 1.807) is 0 Å². The van der Waals surface area contributed by atoms with Crippen molar-refractivity contribution in [3.8, 4) is 33.4 Å². The second-order valence-corrected chi connectivity index (χ2v) is 10.6. The molecule has 5 heteroatoms. The van der Waals surface area contributed by atoms with Gasteiger partial charge in [-0.05, 0) is 55.4 Å². The summed E-state index contributed by atoms with van der Waals surface area (Å²) >= 11 is 32.5. The minimum Gasteiger partial charge on any atom is -0.0819 e. The third-order valence-electron chi connectivity index (χ3n) is 6.65. The second kappa shape index (κ2) is 9.87. The first-order chi connectivity index (χ1) is 18.0. The van der Waals surface area contributed by atoms with E-state index in [-0.39, 0.29) is 25.1 Å². The van der Waals surface area contributed by atoms with E-state index in [4.69, 9.17) is 58.0 Å². The molecule has 0 aliphatic rings. The summed E-state index contributed by atoms with van der Waals surface area (Å²) in [6, 6.07) is 35.6. The maximum absolute atomic E-state index is 6.68. The molecule has 0 saturated heterocycles. The molecule has 6 rings (SSSR count). The van der Waals surface area contributed by atoms with Crippen molar-refractivity contribution in [2.75, 3.05) is 0 Å². The molecule has 0 bridgehead atoms. The Morgan fingerprint density at radius 1 is 0.297 bits per heavy atom. The van der Waals surface area contributed by atoms with Crippen molar-refractivity contribution in [1.82, 2.24) is 0 Å². The number of rotatable bonds is 3. The van der Waals surface area contributed by atoms with Crippen LogP contribution < -0.4 is 0 Å². The molecule has 0 N–H and O–H groups in total. The number of hydrogen-bond acceptors (Lipinski definition) is 0. The Balaban J connectivity index is 1.80. The van der Waals surface area contributed by atoms with Crippen LogP contribution in [-0.2, 0) is 0 Å². The molecule has 0 aliphatic carbocycles. The highest BCUT2D eigenvalue weighted by Gasteiger charge is 2.22. The normalized spacial score (nSPS) is 11.4. The fourth-order valence-electron chi connectivity index (χ4n) is 5.02.